The number of amides is 1. The molecule has 1 heterocycles. The van der Waals surface area contributed by atoms with E-state index in [2.05, 4.69) is 47.0 Å². The van der Waals surface area contributed by atoms with Crippen LogP contribution in [0, 0.1) is 0 Å². The van der Waals surface area contributed by atoms with E-state index in [1.54, 1.807) is 7.11 Å². The average Bonchev–Trinajstić information content (AvgIpc) is 2.73. The van der Waals surface area contributed by atoms with Gasteiger partial charge in [-0.3, -0.25) is 4.79 Å². The first-order valence-electron chi connectivity index (χ1n) is 10.5. The van der Waals surface area contributed by atoms with Crippen LogP contribution in [0.15, 0.2) is 36.4 Å². The quantitative estimate of drug-likeness (QED) is 0.725. The van der Waals surface area contributed by atoms with E-state index in [0.29, 0.717) is 18.9 Å². The van der Waals surface area contributed by atoms with Crippen LogP contribution in [0.4, 0.5) is 0 Å². The van der Waals surface area contributed by atoms with Gasteiger partial charge in [0, 0.05) is 6.54 Å². The number of hydrogen-bond acceptors (Lipinski definition) is 3. The van der Waals surface area contributed by atoms with E-state index < -0.39 is 0 Å². The highest BCUT2D eigenvalue weighted by Crippen LogP contribution is 2.38. The highest BCUT2D eigenvalue weighted by atomic mass is 16.5. The molecule has 1 amide bonds. The Kier molecular flexibility index (Phi) is 5.96. The summed E-state index contributed by atoms with van der Waals surface area (Å²) in [6.45, 7) is 2.70. The Morgan fingerprint density at radius 2 is 2.11 bits per heavy atom. The first kappa shape index (κ1) is 19.0. The zero-order chi connectivity index (χ0) is 19.3. The van der Waals surface area contributed by atoms with E-state index in [1.807, 2.05) is 0 Å². The van der Waals surface area contributed by atoms with Gasteiger partial charge in [-0.15, -0.1) is 0 Å². The first-order valence-corrected chi connectivity index (χ1v) is 10.5. The zero-order valence-corrected chi connectivity index (χ0v) is 16.7. The minimum Gasteiger partial charge on any atom is -0.496 e. The van der Waals surface area contributed by atoms with Crippen molar-refractivity contribution >= 4 is 5.91 Å². The minimum atomic E-state index is 0.129. The smallest absolute Gasteiger partial charge is 0.224 e. The van der Waals surface area contributed by atoms with Gasteiger partial charge in [-0.25, -0.2) is 0 Å². The van der Waals surface area contributed by atoms with Gasteiger partial charge in [0.2, 0.25) is 5.91 Å². The van der Waals surface area contributed by atoms with Crippen molar-refractivity contribution in [3.05, 3.63) is 64.2 Å². The number of nitrogens with one attached hydrogen (secondary N) is 2. The van der Waals surface area contributed by atoms with Crippen molar-refractivity contribution in [3.63, 3.8) is 0 Å². The Morgan fingerprint density at radius 1 is 1.18 bits per heavy atom. The SMILES string of the molecule is COc1cccc2c1CCCC2CCNCCc1ccc2c(c1)CNC(=O)C2. The molecule has 1 unspecified atom stereocenters. The predicted octanol–water partition coefficient (Wildman–Crippen LogP) is 3.51. The fraction of sp³-hybridized carbons (Fsp3) is 0.458. The molecule has 0 spiro atoms. The maximum atomic E-state index is 11.5. The molecule has 0 bridgehead atoms. The van der Waals surface area contributed by atoms with Gasteiger partial charge in [0.05, 0.1) is 13.5 Å². The molecule has 2 aromatic rings. The number of hydrogen-bond donors (Lipinski definition) is 2. The summed E-state index contributed by atoms with van der Waals surface area (Å²) < 4.78 is 5.56. The molecule has 28 heavy (non-hydrogen) atoms. The Bertz CT molecular complexity index is 846. The molecular weight excluding hydrogens is 348 g/mol. The molecule has 2 N–H and O–H groups in total. The van der Waals surface area contributed by atoms with Gasteiger partial charge in [-0.1, -0.05) is 30.3 Å². The van der Waals surface area contributed by atoms with Crippen LogP contribution >= 0.6 is 0 Å². The predicted molar refractivity (Wildman–Crippen MR) is 112 cm³/mol. The second kappa shape index (κ2) is 8.78. The van der Waals surface area contributed by atoms with Crippen molar-refractivity contribution in [1.82, 2.24) is 10.6 Å². The monoisotopic (exact) mass is 378 g/mol. The number of methoxy groups -OCH3 is 1. The third kappa shape index (κ3) is 4.22. The van der Waals surface area contributed by atoms with Crippen LogP contribution < -0.4 is 15.4 Å². The number of benzene rings is 2. The normalized spacial score (nSPS) is 18.2. The van der Waals surface area contributed by atoms with Crippen molar-refractivity contribution < 1.29 is 9.53 Å². The van der Waals surface area contributed by atoms with Crippen molar-refractivity contribution in [2.45, 2.75) is 51.0 Å². The maximum absolute atomic E-state index is 11.5. The van der Waals surface area contributed by atoms with E-state index in [1.165, 1.54) is 47.1 Å². The Balaban J connectivity index is 1.26. The van der Waals surface area contributed by atoms with Crippen molar-refractivity contribution in [2.24, 2.45) is 0 Å². The lowest BCUT2D eigenvalue weighted by Crippen LogP contribution is -2.30. The number of rotatable bonds is 7. The van der Waals surface area contributed by atoms with Crippen LogP contribution in [0.5, 0.6) is 5.75 Å². The third-order valence-corrected chi connectivity index (χ3v) is 6.17. The number of ether oxygens (including phenoxy) is 1. The van der Waals surface area contributed by atoms with Crippen LogP contribution in [0.2, 0.25) is 0 Å². The molecule has 4 rings (SSSR count). The molecule has 1 aliphatic carbocycles. The second-order valence-electron chi connectivity index (χ2n) is 7.96. The number of fused-ring (bicyclic) bond motifs is 2. The standard InChI is InChI=1S/C24H30N2O2/c1-28-23-7-3-5-21-18(4-2-6-22(21)23)11-13-25-12-10-17-8-9-19-15-24(27)26-16-20(19)14-17/h3,5,7-9,14,18,25H,2,4,6,10-13,15-16H2,1H3,(H,26,27). The highest BCUT2D eigenvalue weighted by Gasteiger charge is 2.22. The summed E-state index contributed by atoms with van der Waals surface area (Å²) in [5, 5.41) is 6.56. The topological polar surface area (TPSA) is 50.4 Å². The zero-order valence-electron chi connectivity index (χ0n) is 16.7. The van der Waals surface area contributed by atoms with E-state index in [4.69, 9.17) is 4.74 Å². The summed E-state index contributed by atoms with van der Waals surface area (Å²) in [6.07, 6.45) is 6.39. The first-order chi connectivity index (χ1) is 13.7. The molecule has 4 heteroatoms. The lowest BCUT2D eigenvalue weighted by atomic mass is 9.80. The molecule has 148 valence electrons. The molecule has 0 fully saturated rings. The second-order valence-corrected chi connectivity index (χ2v) is 7.96. The van der Waals surface area contributed by atoms with Crippen LogP contribution in [0.1, 0.15) is 53.0 Å². The van der Waals surface area contributed by atoms with Crippen molar-refractivity contribution in [1.29, 1.82) is 0 Å². The summed E-state index contributed by atoms with van der Waals surface area (Å²) in [7, 11) is 1.77. The molecule has 0 radical (unpaired) electrons. The fourth-order valence-corrected chi connectivity index (χ4v) is 4.64. The van der Waals surface area contributed by atoms with Crippen LogP contribution in [0.25, 0.3) is 0 Å². The molecule has 1 aliphatic heterocycles. The minimum absolute atomic E-state index is 0.129. The molecular formula is C24H30N2O2. The summed E-state index contributed by atoms with van der Waals surface area (Å²) in [5.74, 6) is 1.82. The lowest BCUT2D eigenvalue weighted by molar-refractivity contribution is -0.121. The molecule has 2 aromatic carbocycles. The van der Waals surface area contributed by atoms with Gasteiger partial charge in [0.15, 0.2) is 0 Å². The van der Waals surface area contributed by atoms with Crippen molar-refractivity contribution in [3.8, 4) is 5.75 Å². The van der Waals surface area contributed by atoms with Gasteiger partial charge >= 0.3 is 0 Å². The largest absolute Gasteiger partial charge is 0.496 e. The Labute approximate surface area is 167 Å². The van der Waals surface area contributed by atoms with E-state index in [9.17, 15) is 4.79 Å². The van der Waals surface area contributed by atoms with Crippen LogP contribution in [0.3, 0.4) is 0 Å². The summed E-state index contributed by atoms with van der Waals surface area (Å²) in [6, 6.07) is 13.0. The summed E-state index contributed by atoms with van der Waals surface area (Å²) >= 11 is 0. The van der Waals surface area contributed by atoms with Gasteiger partial charge in [-0.05, 0) is 85.0 Å². The van der Waals surface area contributed by atoms with Crippen molar-refractivity contribution in [2.75, 3.05) is 20.2 Å². The van der Waals surface area contributed by atoms with Gasteiger partial charge in [-0.2, -0.15) is 0 Å². The third-order valence-electron chi connectivity index (χ3n) is 6.17. The maximum Gasteiger partial charge on any atom is 0.224 e. The molecule has 2 aliphatic rings. The summed E-state index contributed by atoms with van der Waals surface area (Å²) in [5.41, 5.74) is 6.69. The van der Waals surface area contributed by atoms with E-state index in [0.717, 1.165) is 31.7 Å². The van der Waals surface area contributed by atoms with Gasteiger partial charge < -0.3 is 15.4 Å². The molecule has 0 saturated heterocycles. The average molecular weight is 379 g/mol. The summed E-state index contributed by atoms with van der Waals surface area (Å²) in [4.78, 5) is 11.5. The van der Waals surface area contributed by atoms with E-state index in [-0.39, 0.29) is 5.91 Å². The highest BCUT2D eigenvalue weighted by molar-refractivity contribution is 5.80. The van der Waals surface area contributed by atoms with Crippen LogP contribution in [-0.2, 0) is 30.6 Å². The van der Waals surface area contributed by atoms with Gasteiger partial charge in [0.25, 0.3) is 0 Å². The lowest BCUT2D eigenvalue weighted by Gasteiger charge is -2.27. The fourth-order valence-electron chi connectivity index (χ4n) is 4.64. The van der Waals surface area contributed by atoms with E-state index >= 15 is 0 Å². The molecule has 0 saturated carbocycles. The number of carbonyl (C=O) groups excluding carboxylic acids is 1. The Hall–Kier alpha value is -2.33. The molecule has 0 aromatic heterocycles. The Morgan fingerprint density at radius 3 is 3.00 bits per heavy atom. The molecule has 1 atom stereocenters. The molecule has 4 nitrogen and oxygen atoms in total. The van der Waals surface area contributed by atoms with Crippen LogP contribution in [-0.4, -0.2) is 26.1 Å². The number of carbonyl (C=O) groups is 1. The van der Waals surface area contributed by atoms with Gasteiger partial charge in [0.1, 0.15) is 5.75 Å².